The maximum absolute atomic E-state index is 13.7. The van der Waals surface area contributed by atoms with E-state index in [1.54, 1.807) is 42.5 Å². The molecule has 2 aromatic carbocycles. The number of rotatable bonds is 11. The second kappa shape index (κ2) is 14.3. The summed E-state index contributed by atoms with van der Waals surface area (Å²) in [5.74, 6) is -5.85. The summed E-state index contributed by atoms with van der Waals surface area (Å²) < 4.78 is 41.5. The predicted octanol–water partition coefficient (Wildman–Crippen LogP) is 1.62. The Kier molecular flexibility index (Phi) is 10.8. The van der Waals surface area contributed by atoms with Gasteiger partial charge in [0, 0.05) is 25.6 Å². The van der Waals surface area contributed by atoms with E-state index in [9.17, 15) is 37.1 Å². The number of aryl methyl sites for hydroxylation is 1. The van der Waals surface area contributed by atoms with E-state index < -0.39 is 48.9 Å². The van der Waals surface area contributed by atoms with Gasteiger partial charge < -0.3 is 30.9 Å². The van der Waals surface area contributed by atoms with Gasteiger partial charge in [0.15, 0.2) is 5.96 Å². The van der Waals surface area contributed by atoms with Gasteiger partial charge in [-0.1, -0.05) is 36.4 Å². The molecule has 1 aliphatic rings. The summed E-state index contributed by atoms with van der Waals surface area (Å²) in [6, 6.07) is 12.7. The molecule has 3 rings (SSSR count). The summed E-state index contributed by atoms with van der Waals surface area (Å²) in [6.45, 7) is 1.48. The highest BCUT2D eigenvalue weighted by molar-refractivity contribution is 6.10. The molecule has 0 saturated heterocycles. The van der Waals surface area contributed by atoms with E-state index in [1.165, 1.54) is 17.9 Å². The first-order chi connectivity index (χ1) is 20.3. The number of benzene rings is 2. The Bertz CT molecular complexity index is 1380. The molecule has 0 radical (unpaired) electrons. The SMILES string of the molecule is CC(CC(=O)OC(=O)C(F)(F)F)N1CC(=O)N(Cc2ccccc2)c2ccc(CCC(=O)NCCNC(=N)N)cc2C1=O. The smallest absolute Gasteiger partial charge is 0.386 e. The highest BCUT2D eigenvalue weighted by Gasteiger charge is 2.43. The van der Waals surface area contributed by atoms with Crippen LogP contribution >= 0.6 is 0 Å². The van der Waals surface area contributed by atoms with Crippen LogP contribution in [0.3, 0.4) is 0 Å². The average molecular weight is 605 g/mol. The van der Waals surface area contributed by atoms with Gasteiger partial charge in [0.25, 0.3) is 5.91 Å². The molecule has 0 bridgehead atoms. The first-order valence-electron chi connectivity index (χ1n) is 13.2. The van der Waals surface area contributed by atoms with Crippen molar-refractivity contribution in [3.63, 3.8) is 0 Å². The Morgan fingerprint density at radius 3 is 2.37 bits per heavy atom. The van der Waals surface area contributed by atoms with Gasteiger partial charge in [-0.15, -0.1) is 0 Å². The van der Waals surface area contributed by atoms with Crippen LogP contribution in [0.5, 0.6) is 0 Å². The minimum Gasteiger partial charge on any atom is -0.386 e. The Morgan fingerprint density at radius 1 is 1.05 bits per heavy atom. The number of hydrogen-bond donors (Lipinski definition) is 4. The third-order valence-corrected chi connectivity index (χ3v) is 6.47. The molecule has 3 amide bonds. The summed E-state index contributed by atoms with van der Waals surface area (Å²) in [7, 11) is 0. The highest BCUT2D eigenvalue weighted by atomic mass is 19.4. The van der Waals surface area contributed by atoms with Crippen LogP contribution in [0, 0.1) is 5.41 Å². The first kappa shape index (κ1) is 32.6. The zero-order chi connectivity index (χ0) is 31.7. The van der Waals surface area contributed by atoms with Gasteiger partial charge in [0.2, 0.25) is 11.8 Å². The maximum atomic E-state index is 13.7. The van der Waals surface area contributed by atoms with E-state index in [-0.39, 0.29) is 55.6 Å². The number of guanidine groups is 1. The van der Waals surface area contributed by atoms with Gasteiger partial charge >= 0.3 is 18.1 Å². The summed E-state index contributed by atoms with van der Waals surface area (Å²) in [5, 5.41) is 12.3. The molecular weight excluding hydrogens is 573 g/mol. The predicted molar refractivity (Wildman–Crippen MR) is 148 cm³/mol. The van der Waals surface area contributed by atoms with Gasteiger partial charge in [-0.25, -0.2) is 4.79 Å². The highest BCUT2D eigenvalue weighted by Crippen LogP contribution is 2.30. The second-order valence-electron chi connectivity index (χ2n) is 9.75. The van der Waals surface area contributed by atoms with Gasteiger partial charge in [0.1, 0.15) is 6.54 Å². The third kappa shape index (κ3) is 9.28. The number of anilines is 1. The lowest BCUT2D eigenvalue weighted by Crippen LogP contribution is -2.44. The van der Waals surface area contributed by atoms with Crippen molar-refractivity contribution >= 4 is 41.3 Å². The number of nitrogens with one attached hydrogen (secondary N) is 3. The maximum Gasteiger partial charge on any atom is 0.491 e. The van der Waals surface area contributed by atoms with E-state index in [4.69, 9.17) is 11.1 Å². The topological polar surface area (TPSA) is 175 Å². The summed E-state index contributed by atoms with van der Waals surface area (Å²) in [6.07, 6.45) is -5.84. The molecule has 1 heterocycles. The third-order valence-electron chi connectivity index (χ3n) is 6.47. The van der Waals surface area contributed by atoms with Crippen LogP contribution in [0.1, 0.15) is 41.3 Å². The van der Waals surface area contributed by atoms with Crippen LogP contribution in [0.4, 0.5) is 18.9 Å². The number of hydrogen-bond acceptors (Lipinski definition) is 7. The van der Waals surface area contributed by atoms with Crippen molar-refractivity contribution in [1.29, 1.82) is 5.41 Å². The van der Waals surface area contributed by atoms with Gasteiger partial charge in [-0.3, -0.25) is 24.6 Å². The number of fused-ring (bicyclic) bond motifs is 1. The molecule has 1 aliphatic heterocycles. The molecule has 230 valence electrons. The summed E-state index contributed by atoms with van der Waals surface area (Å²) in [5.41, 5.74) is 6.94. The van der Waals surface area contributed by atoms with Crippen LogP contribution in [0.15, 0.2) is 48.5 Å². The number of halogens is 3. The number of carbonyl (C=O) groups is 5. The number of ether oxygens (including phenoxy) is 1. The molecule has 0 fully saturated rings. The summed E-state index contributed by atoms with van der Waals surface area (Å²) in [4.78, 5) is 65.0. The van der Waals surface area contributed by atoms with Crippen LogP contribution in [0.2, 0.25) is 0 Å². The quantitative estimate of drug-likeness (QED) is 0.0984. The van der Waals surface area contributed by atoms with Crippen molar-refractivity contribution in [3.05, 3.63) is 65.2 Å². The van der Waals surface area contributed by atoms with E-state index in [0.717, 1.165) is 10.5 Å². The zero-order valence-corrected chi connectivity index (χ0v) is 23.2. The second-order valence-corrected chi connectivity index (χ2v) is 9.75. The molecule has 2 aromatic rings. The molecule has 5 N–H and O–H groups in total. The van der Waals surface area contributed by atoms with Crippen LogP contribution in [-0.4, -0.2) is 72.4 Å². The van der Waals surface area contributed by atoms with Crippen molar-refractivity contribution in [2.75, 3.05) is 24.5 Å². The lowest BCUT2D eigenvalue weighted by Gasteiger charge is -2.27. The Hall–Kier alpha value is -4.95. The minimum atomic E-state index is -5.37. The van der Waals surface area contributed by atoms with Gasteiger partial charge in [-0.05, 0) is 36.6 Å². The average Bonchev–Trinajstić information content (AvgIpc) is 3.04. The number of nitrogens with zero attached hydrogens (tertiary/aromatic N) is 2. The van der Waals surface area contributed by atoms with Crippen molar-refractivity contribution in [1.82, 2.24) is 15.5 Å². The zero-order valence-electron chi connectivity index (χ0n) is 23.2. The molecule has 1 unspecified atom stereocenters. The van der Waals surface area contributed by atoms with Crippen LogP contribution in [0.25, 0.3) is 0 Å². The number of nitrogens with two attached hydrogens (primary N) is 1. The molecule has 0 aromatic heterocycles. The minimum absolute atomic E-state index is 0.0684. The van der Waals surface area contributed by atoms with Crippen molar-refractivity contribution in [2.24, 2.45) is 5.73 Å². The van der Waals surface area contributed by atoms with Crippen molar-refractivity contribution < 1.29 is 41.9 Å². The van der Waals surface area contributed by atoms with E-state index in [2.05, 4.69) is 15.4 Å². The molecule has 0 saturated carbocycles. The molecule has 0 spiro atoms. The molecule has 12 nitrogen and oxygen atoms in total. The number of esters is 2. The molecule has 15 heteroatoms. The Morgan fingerprint density at radius 2 is 1.72 bits per heavy atom. The first-order valence-corrected chi connectivity index (χ1v) is 13.2. The fourth-order valence-electron chi connectivity index (χ4n) is 4.33. The lowest BCUT2D eigenvalue weighted by molar-refractivity contribution is -0.202. The largest absolute Gasteiger partial charge is 0.491 e. The number of alkyl halides is 3. The van der Waals surface area contributed by atoms with Crippen molar-refractivity contribution in [2.45, 2.75) is 44.9 Å². The Labute approximate surface area is 244 Å². The standard InChI is InChI=1S/C28H31F3N6O6/c1-17(13-24(40)43-26(42)28(29,30)31)36-16-23(39)37(15-19-5-3-2-4-6-19)21-9-7-18(14-20(21)25(36)41)8-10-22(38)34-11-12-35-27(32)33/h2-7,9,14,17H,8,10-13,15-16H2,1H3,(H,34,38)(H4,32,33,35). The molecule has 1 atom stereocenters. The van der Waals surface area contributed by atoms with Gasteiger partial charge in [-0.2, -0.15) is 13.2 Å². The molecular formula is C28H31F3N6O6. The van der Waals surface area contributed by atoms with Gasteiger partial charge in [0.05, 0.1) is 24.2 Å². The molecule has 43 heavy (non-hydrogen) atoms. The fourth-order valence-corrected chi connectivity index (χ4v) is 4.33. The number of amides is 3. The lowest BCUT2D eigenvalue weighted by atomic mass is 10.0. The normalized spacial score (nSPS) is 14.0. The fraction of sp³-hybridized carbons (Fsp3) is 0.357. The Balaban J connectivity index is 1.83. The van der Waals surface area contributed by atoms with Crippen LogP contribution < -0.4 is 21.3 Å². The van der Waals surface area contributed by atoms with Crippen molar-refractivity contribution in [3.8, 4) is 0 Å². The van der Waals surface area contributed by atoms with E-state index in [1.807, 2.05) is 0 Å². The summed E-state index contributed by atoms with van der Waals surface area (Å²) >= 11 is 0. The molecule has 0 aliphatic carbocycles. The van der Waals surface area contributed by atoms with E-state index >= 15 is 0 Å². The monoisotopic (exact) mass is 604 g/mol. The van der Waals surface area contributed by atoms with Crippen LogP contribution in [-0.2, 0) is 36.9 Å². The number of carbonyl (C=O) groups excluding carboxylic acids is 5. The van der Waals surface area contributed by atoms with E-state index in [0.29, 0.717) is 5.56 Å².